The highest BCUT2D eigenvalue weighted by Gasteiger charge is 2.36. The van der Waals surface area contributed by atoms with E-state index in [2.05, 4.69) is 5.32 Å². The minimum absolute atomic E-state index is 0.0227. The van der Waals surface area contributed by atoms with E-state index < -0.39 is 15.8 Å². The number of sulfonamides is 1. The molecule has 1 aromatic carbocycles. The lowest BCUT2D eigenvalue weighted by molar-refractivity contribution is -0.917. The quantitative estimate of drug-likeness (QED) is 0.739. The van der Waals surface area contributed by atoms with Crippen LogP contribution < -0.4 is 10.2 Å². The predicted molar refractivity (Wildman–Crippen MR) is 86.5 cm³/mol. The molecule has 0 unspecified atom stereocenters. The van der Waals surface area contributed by atoms with Crippen molar-refractivity contribution in [3.8, 4) is 0 Å². The molecule has 132 valence electrons. The molecule has 1 atom stereocenters. The van der Waals surface area contributed by atoms with Gasteiger partial charge in [-0.1, -0.05) is 6.07 Å². The van der Waals surface area contributed by atoms with E-state index in [4.69, 9.17) is 0 Å². The Hall–Kier alpha value is -1.51. The first-order chi connectivity index (χ1) is 11.4. The van der Waals surface area contributed by atoms with Crippen LogP contribution in [0.5, 0.6) is 0 Å². The molecule has 1 saturated heterocycles. The Bertz CT molecular complexity index is 713. The molecule has 6 nitrogen and oxygen atoms in total. The molecule has 1 amide bonds. The van der Waals surface area contributed by atoms with Gasteiger partial charge in [-0.2, -0.15) is 4.31 Å². The van der Waals surface area contributed by atoms with Gasteiger partial charge in [0.2, 0.25) is 10.0 Å². The molecular formula is C16H23FN3O3S+. The third-order valence-corrected chi connectivity index (χ3v) is 6.62. The summed E-state index contributed by atoms with van der Waals surface area (Å²) in [7, 11) is -3.68. The van der Waals surface area contributed by atoms with Crippen molar-refractivity contribution in [3.05, 3.63) is 30.1 Å². The maximum atomic E-state index is 13.3. The molecule has 1 saturated carbocycles. The van der Waals surface area contributed by atoms with Crippen molar-refractivity contribution in [2.45, 2.75) is 36.7 Å². The zero-order chi connectivity index (χ0) is 17.3. The molecule has 1 aliphatic carbocycles. The average Bonchev–Trinajstić information content (AvgIpc) is 3.38. The third-order valence-electron chi connectivity index (χ3n) is 4.73. The summed E-state index contributed by atoms with van der Waals surface area (Å²) >= 11 is 0. The number of carbonyl (C=O) groups excluding carboxylic acids is 1. The first kappa shape index (κ1) is 17.3. The number of carbonyl (C=O) groups is 1. The lowest BCUT2D eigenvalue weighted by Gasteiger charge is -2.34. The summed E-state index contributed by atoms with van der Waals surface area (Å²) in [5.41, 5.74) is 0. The van der Waals surface area contributed by atoms with Crippen molar-refractivity contribution >= 4 is 15.9 Å². The summed E-state index contributed by atoms with van der Waals surface area (Å²) in [6.07, 6.45) is 2.10. The van der Waals surface area contributed by atoms with Gasteiger partial charge < -0.3 is 10.2 Å². The summed E-state index contributed by atoms with van der Waals surface area (Å²) < 4.78 is 39.8. The lowest BCUT2D eigenvalue weighted by Crippen LogP contribution is -3.19. The van der Waals surface area contributed by atoms with E-state index in [1.54, 1.807) is 0 Å². The Morgan fingerprint density at radius 3 is 2.58 bits per heavy atom. The summed E-state index contributed by atoms with van der Waals surface area (Å²) in [6, 6.07) is 5.21. The smallest absolute Gasteiger partial charge is 0.278 e. The fourth-order valence-corrected chi connectivity index (χ4v) is 4.44. The van der Waals surface area contributed by atoms with Crippen molar-refractivity contribution in [3.63, 3.8) is 0 Å². The van der Waals surface area contributed by atoms with Gasteiger partial charge >= 0.3 is 0 Å². The molecule has 0 bridgehead atoms. The number of nitrogens with zero attached hydrogens (tertiary/aromatic N) is 1. The van der Waals surface area contributed by atoms with Crippen LogP contribution in [-0.2, 0) is 14.8 Å². The Labute approximate surface area is 141 Å². The first-order valence-corrected chi connectivity index (χ1v) is 9.72. The van der Waals surface area contributed by atoms with Crippen LogP contribution in [-0.4, -0.2) is 56.9 Å². The molecule has 0 spiro atoms. The summed E-state index contributed by atoms with van der Waals surface area (Å²) in [5, 5.41) is 2.99. The van der Waals surface area contributed by atoms with E-state index in [-0.39, 0.29) is 16.8 Å². The summed E-state index contributed by atoms with van der Waals surface area (Å²) in [5.74, 6) is -0.528. The number of quaternary nitrogens is 1. The van der Waals surface area contributed by atoms with Gasteiger partial charge in [0.1, 0.15) is 5.82 Å². The second-order valence-electron chi connectivity index (χ2n) is 6.52. The minimum atomic E-state index is -3.68. The normalized spacial score (nSPS) is 21.4. The largest absolute Gasteiger partial charge is 0.348 e. The Morgan fingerprint density at radius 1 is 1.33 bits per heavy atom. The van der Waals surface area contributed by atoms with Gasteiger partial charge in [-0.05, 0) is 38.0 Å². The number of rotatable bonds is 5. The van der Waals surface area contributed by atoms with Crippen LogP contribution in [0.2, 0.25) is 0 Å². The van der Waals surface area contributed by atoms with Gasteiger partial charge in [-0.25, -0.2) is 12.8 Å². The zero-order valence-corrected chi connectivity index (χ0v) is 14.5. The Balaban J connectivity index is 1.60. The van der Waals surface area contributed by atoms with E-state index in [1.165, 1.54) is 22.5 Å². The van der Waals surface area contributed by atoms with E-state index in [1.807, 2.05) is 6.92 Å². The Kier molecular flexibility index (Phi) is 4.89. The van der Waals surface area contributed by atoms with Crippen molar-refractivity contribution < 1.29 is 22.5 Å². The molecule has 0 aromatic heterocycles. The van der Waals surface area contributed by atoms with E-state index in [9.17, 15) is 17.6 Å². The number of nitrogens with one attached hydrogen (secondary N) is 2. The van der Waals surface area contributed by atoms with Crippen molar-refractivity contribution in [2.75, 3.05) is 26.2 Å². The molecule has 2 N–H and O–H groups in total. The molecular weight excluding hydrogens is 333 g/mol. The zero-order valence-electron chi connectivity index (χ0n) is 13.7. The van der Waals surface area contributed by atoms with Crippen molar-refractivity contribution in [2.24, 2.45) is 0 Å². The van der Waals surface area contributed by atoms with Gasteiger partial charge in [-0.15, -0.1) is 0 Å². The third kappa shape index (κ3) is 3.76. The number of piperazine rings is 1. The topological polar surface area (TPSA) is 70.9 Å². The van der Waals surface area contributed by atoms with Gasteiger partial charge in [0.15, 0.2) is 6.04 Å². The Morgan fingerprint density at radius 2 is 2.00 bits per heavy atom. The maximum absolute atomic E-state index is 13.3. The predicted octanol–water partition coefficient (Wildman–Crippen LogP) is -0.618. The lowest BCUT2D eigenvalue weighted by atomic mass is 10.2. The molecule has 3 rings (SSSR count). The fourth-order valence-electron chi connectivity index (χ4n) is 2.96. The van der Waals surface area contributed by atoms with Crippen LogP contribution in [0.4, 0.5) is 4.39 Å². The number of hydrogen-bond acceptors (Lipinski definition) is 3. The number of hydrogen-bond donors (Lipinski definition) is 2. The molecule has 8 heteroatoms. The van der Waals surface area contributed by atoms with Gasteiger partial charge in [0, 0.05) is 6.04 Å². The second kappa shape index (κ2) is 6.78. The van der Waals surface area contributed by atoms with Crippen LogP contribution in [0.3, 0.4) is 0 Å². The van der Waals surface area contributed by atoms with Crippen molar-refractivity contribution in [1.29, 1.82) is 0 Å². The SMILES string of the molecule is C[C@H](C(=O)NC1CC1)[NH+]1CCN(S(=O)(=O)c2cccc(F)c2)CC1. The highest BCUT2D eigenvalue weighted by Crippen LogP contribution is 2.18. The molecule has 1 aliphatic heterocycles. The van der Waals surface area contributed by atoms with Crippen LogP contribution >= 0.6 is 0 Å². The molecule has 24 heavy (non-hydrogen) atoms. The molecule has 1 aromatic rings. The maximum Gasteiger partial charge on any atom is 0.278 e. The molecule has 2 fully saturated rings. The van der Waals surface area contributed by atoms with Crippen LogP contribution in [0.25, 0.3) is 0 Å². The highest BCUT2D eigenvalue weighted by molar-refractivity contribution is 7.89. The van der Waals surface area contributed by atoms with Crippen LogP contribution in [0.1, 0.15) is 19.8 Å². The average molecular weight is 356 g/mol. The van der Waals surface area contributed by atoms with E-state index in [0.717, 1.165) is 23.8 Å². The van der Waals surface area contributed by atoms with Crippen LogP contribution in [0.15, 0.2) is 29.2 Å². The van der Waals surface area contributed by atoms with Gasteiger partial charge in [0.25, 0.3) is 5.91 Å². The number of halogens is 1. The van der Waals surface area contributed by atoms with Gasteiger partial charge in [-0.3, -0.25) is 4.79 Å². The molecule has 0 radical (unpaired) electrons. The first-order valence-electron chi connectivity index (χ1n) is 8.28. The summed E-state index contributed by atoms with van der Waals surface area (Å²) in [4.78, 5) is 13.2. The minimum Gasteiger partial charge on any atom is -0.348 e. The second-order valence-corrected chi connectivity index (χ2v) is 8.46. The number of amides is 1. The van der Waals surface area contributed by atoms with E-state index in [0.29, 0.717) is 32.2 Å². The molecule has 1 heterocycles. The van der Waals surface area contributed by atoms with Crippen molar-refractivity contribution in [1.82, 2.24) is 9.62 Å². The number of benzene rings is 1. The van der Waals surface area contributed by atoms with Crippen LogP contribution in [0, 0.1) is 5.82 Å². The monoisotopic (exact) mass is 356 g/mol. The highest BCUT2D eigenvalue weighted by atomic mass is 32.2. The molecule has 2 aliphatic rings. The summed E-state index contributed by atoms with van der Waals surface area (Å²) in [6.45, 7) is 3.66. The van der Waals surface area contributed by atoms with E-state index >= 15 is 0 Å². The standard InChI is InChI=1S/C16H22FN3O3S/c1-12(16(21)18-14-5-6-14)19-7-9-20(10-8-19)24(22,23)15-4-2-3-13(17)11-15/h2-4,11-12,14H,5-10H2,1H3,(H,18,21)/p+1/t12-/m1/s1. The fraction of sp³-hybridized carbons (Fsp3) is 0.562. The van der Waals surface area contributed by atoms with Gasteiger partial charge in [0.05, 0.1) is 31.1 Å².